The summed E-state index contributed by atoms with van der Waals surface area (Å²) in [4.78, 5) is 17.5. The molecule has 2 unspecified atom stereocenters. The molecule has 21 heavy (non-hydrogen) atoms. The van der Waals surface area contributed by atoms with Gasteiger partial charge in [0.05, 0.1) is 5.52 Å². The van der Waals surface area contributed by atoms with E-state index in [1.54, 1.807) is 0 Å². The maximum Gasteiger partial charge on any atom is 0.185 e. The van der Waals surface area contributed by atoms with Crippen LogP contribution < -0.4 is 0 Å². The van der Waals surface area contributed by atoms with Crippen molar-refractivity contribution in [2.75, 3.05) is 0 Å². The highest BCUT2D eigenvalue weighted by molar-refractivity contribution is 9.10. The molecule has 2 atom stereocenters. The SMILES string of the molecule is CC1CC(C)CC(C(=O)c2nc3ccccc3cc2Br)C1. The van der Waals surface area contributed by atoms with Crippen molar-refractivity contribution in [1.82, 2.24) is 4.98 Å². The summed E-state index contributed by atoms with van der Waals surface area (Å²) in [5.74, 6) is 1.57. The molecule has 0 saturated heterocycles. The molecule has 2 nitrogen and oxygen atoms in total. The molecule has 1 aromatic heterocycles. The van der Waals surface area contributed by atoms with Gasteiger partial charge in [-0.05, 0) is 59.2 Å². The summed E-state index contributed by atoms with van der Waals surface area (Å²) in [6.07, 6.45) is 3.21. The smallest absolute Gasteiger partial charge is 0.185 e. The lowest BCUT2D eigenvalue weighted by Crippen LogP contribution is -2.26. The third kappa shape index (κ3) is 3.03. The van der Waals surface area contributed by atoms with Crippen LogP contribution >= 0.6 is 15.9 Å². The van der Waals surface area contributed by atoms with Gasteiger partial charge >= 0.3 is 0 Å². The predicted octanol–water partition coefficient (Wildman–Crippen LogP) is 5.25. The first kappa shape index (κ1) is 14.7. The number of hydrogen-bond donors (Lipinski definition) is 0. The number of para-hydroxylation sites is 1. The quantitative estimate of drug-likeness (QED) is 0.695. The van der Waals surface area contributed by atoms with Crippen LogP contribution in [0.3, 0.4) is 0 Å². The largest absolute Gasteiger partial charge is 0.292 e. The Balaban J connectivity index is 1.95. The maximum atomic E-state index is 12.9. The molecule has 0 radical (unpaired) electrons. The van der Waals surface area contributed by atoms with Crippen molar-refractivity contribution in [1.29, 1.82) is 0 Å². The summed E-state index contributed by atoms with van der Waals surface area (Å²) in [5.41, 5.74) is 1.49. The minimum atomic E-state index is 0.119. The van der Waals surface area contributed by atoms with Crippen LogP contribution in [0.15, 0.2) is 34.8 Å². The number of ketones is 1. The van der Waals surface area contributed by atoms with Gasteiger partial charge in [0.25, 0.3) is 0 Å². The van der Waals surface area contributed by atoms with Crippen LogP contribution in [0.2, 0.25) is 0 Å². The fourth-order valence-electron chi connectivity index (χ4n) is 3.62. The third-order valence-electron chi connectivity index (χ3n) is 4.46. The standard InChI is InChI=1S/C18H20BrNO/c1-11-7-12(2)9-14(8-11)18(21)17-15(19)10-13-5-3-4-6-16(13)20-17/h3-6,10-12,14H,7-9H2,1-2H3. The van der Waals surface area contributed by atoms with Gasteiger partial charge in [-0.25, -0.2) is 4.98 Å². The molecule has 1 aliphatic carbocycles. The first-order valence-corrected chi connectivity index (χ1v) is 8.43. The number of carbonyl (C=O) groups is 1. The van der Waals surface area contributed by atoms with Crippen LogP contribution in [-0.2, 0) is 0 Å². The zero-order valence-electron chi connectivity index (χ0n) is 12.5. The van der Waals surface area contributed by atoms with E-state index in [1.165, 1.54) is 6.42 Å². The molecule has 3 heteroatoms. The number of carbonyl (C=O) groups excluding carboxylic acids is 1. The Hall–Kier alpha value is -1.22. The number of hydrogen-bond acceptors (Lipinski definition) is 2. The highest BCUT2D eigenvalue weighted by Gasteiger charge is 2.31. The van der Waals surface area contributed by atoms with Crippen molar-refractivity contribution in [2.45, 2.75) is 33.1 Å². The third-order valence-corrected chi connectivity index (χ3v) is 5.06. The van der Waals surface area contributed by atoms with Gasteiger partial charge in [-0.1, -0.05) is 32.0 Å². The predicted molar refractivity (Wildman–Crippen MR) is 89.4 cm³/mol. The van der Waals surface area contributed by atoms with Gasteiger partial charge in [-0.2, -0.15) is 0 Å². The number of pyridine rings is 1. The van der Waals surface area contributed by atoms with Crippen molar-refractivity contribution < 1.29 is 4.79 Å². The van der Waals surface area contributed by atoms with Gasteiger partial charge in [0, 0.05) is 15.8 Å². The molecule has 1 aromatic carbocycles. The van der Waals surface area contributed by atoms with Gasteiger partial charge in [0.15, 0.2) is 5.78 Å². The second-order valence-electron chi connectivity index (χ2n) is 6.49. The molecule has 0 bridgehead atoms. The van der Waals surface area contributed by atoms with Crippen molar-refractivity contribution in [3.05, 3.63) is 40.5 Å². The topological polar surface area (TPSA) is 30.0 Å². The van der Waals surface area contributed by atoms with E-state index in [1.807, 2.05) is 30.3 Å². The van der Waals surface area contributed by atoms with Gasteiger partial charge in [-0.15, -0.1) is 0 Å². The molecular formula is C18H20BrNO. The molecule has 1 heterocycles. The number of aromatic nitrogens is 1. The normalized spacial score (nSPS) is 26.0. The zero-order valence-corrected chi connectivity index (χ0v) is 14.1. The van der Waals surface area contributed by atoms with Crippen LogP contribution in [0.5, 0.6) is 0 Å². The fourth-order valence-corrected chi connectivity index (χ4v) is 4.15. The van der Waals surface area contributed by atoms with E-state index in [0.717, 1.165) is 28.2 Å². The van der Waals surface area contributed by atoms with Gasteiger partial charge < -0.3 is 0 Å². The minimum Gasteiger partial charge on any atom is -0.292 e. The molecule has 1 saturated carbocycles. The van der Waals surface area contributed by atoms with E-state index >= 15 is 0 Å². The van der Waals surface area contributed by atoms with Crippen LogP contribution in [-0.4, -0.2) is 10.8 Å². The number of rotatable bonds is 2. The van der Waals surface area contributed by atoms with Gasteiger partial charge in [0.2, 0.25) is 0 Å². The molecule has 0 aliphatic heterocycles. The van der Waals surface area contributed by atoms with Crippen LogP contribution in [0.1, 0.15) is 43.6 Å². The second kappa shape index (κ2) is 5.88. The van der Waals surface area contributed by atoms with Crippen molar-refractivity contribution in [3.8, 4) is 0 Å². The molecule has 0 amide bonds. The first-order valence-electron chi connectivity index (χ1n) is 7.64. The number of halogens is 1. The van der Waals surface area contributed by atoms with Gasteiger partial charge in [-0.3, -0.25) is 4.79 Å². The van der Waals surface area contributed by atoms with Crippen molar-refractivity contribution in [2.24, 2.45) is 17.8 Å². The summed E-state index contributed by atoms with van der Waals surface area (Å²) >= 11 is 3.53. The average Bonchev–Trinajstić information content (AvgIpc) is 2.44. The Kier molecular flexibility index (Phi) is 4.12. The van der Waals surface area contributed by atoms with Crippen LogP contribution in [0.4, 0.5) is 0 Å². The van der Waals surface area contributed by atoms with Crippen LogP contribution in [0, 0.1) is 17.8 Å². The first-order chi connectivity index (χ1) is 10.0. The molecule has 0 N–H and O–H groups in total. The summed E-state index contributed by atoms with van der Waals surface area (Å²) in [5, 5.41) is 1.06. The number of fused-ring (bicyclic) bond motifs is 1. The summed E-state index contributed by atoms with van der Waals surface area (Å²) in [6, 6.07) is 9.94. The Morgan fingerprint density at radius 2 is 1.81 bits per heavy atom. The van der Waals surface area contributed by atoms with E-state index < -0.39 is 0 Å². The summed E-state index contributed by atoms with van der Waals surface area (Å²) in [7, 11) is 0. The molecule has 0 spiro atoms. The minimum absolute atomic E-state index is 0.119. The zero-order chi connectivity index (χ0) is 15.0. The number of nitrogens with zero attached hydrogens (tertiary/aromatic N) is 1. The van der Waals surface area contributed by atoms with E-state index in [2.05, 4.69) is 34.8 Å². The Morgan fingerprint density at radius 1 is 1.14 bits per heavy atom. The van der Waals surface area contributed by atoms with Crippen LogP contribution in [0.25, 0.3) is 10.9 Å². The highest BCUT2D eigenvalue weighted by atomic mass is 79.9. The van der Waals surface area contributed by atoms with E-state index in [0.29, 0.717) is 17.5 Å². The van der Waals surface area contributed by atoms with Crippen molar-refractivity contribution >= 4 is 32.6 Å². The molecule has 1 fully saturated rings. The van der Waals surface area contributed by atoms with E-state index in [-0.39, 0.29) is 11.7 Å². The molecule has 1 aliphatic rings. The lowest BCUT2D eigenvalue weighted by molar-refractivity contribution is 0.0830. The van der Waals surface area contributed by atoms with Gasteiger partial charge in [0.1, 0.15) is 5.69 Å². The summed E-state index contributed by atoms with van der Waals surface area (Å²) < 4.78 is 0.817. The number of Topliss-reactive ketones (excluding diaryl/α,β-unsaturated/α-hetero) is 1. The number of benzene rings is 1. The second-order valence-corrected chi connectivity index (χ2v) is 7.34. The van der Waals surface area contributed by atoms with Crippen molar-refractivity contribution in [3.63, 3.8) is 0 Å². The summed E-state index contributed by atoms with van der Waals surface area (Å²) in [6.45, 7) is 4.50. The lowest BCUT2D eigenvalue weighted by atomic mass is 9.74. The molecule has 110 valence electrons. The Bertz CT molecular complexity index is 672. The average molecular weight is 346 g/mol. The monoisotopic (exact) mass is 345 g/mol. The molecule has 2 aromatic rings. The maximum absolute atomic E-state index is 12.9. The molecular weight excluding hydrogens is 326 g/mol. The molecule has 3 rings (SSSR count). The van der Waals surface area contributed by atoms with E-state index in [9.17, 15) is 4.79 Å². The Labute approximate surface area is 134 Å². The lowest BCUT2D eigenvalue weighted by Gasteiger charge is -2.30. The Morgan fingerprint density at radius 3 is 2.52 bits per heavy atom. The van der Waals surface area contributed by atoms with E-state index in [4.69, 9.17) is 0 Å². The highest BCUT2D eigenvalue weighted by Crippen LogP contribution is 2.35. The fraction of sp³-hybridized carbons (Fsp3) is 0.444.